The molecule has 0 saturated carbocycles. The molecule has 0 fully saturated rings. The van der Waals surface area contributed by atoms with Crippen LogP contribution in [0.25, 0.3) is 0 Å². The van der Waals surface area contributed by atoms with Gasteiger partial charge < -0.3 is 4.84 Å². The third kappa shape index (κ3) is 2.80. The van der Waals surface area contributed by atoms with Crippen molar-refractivity contribution in [3.05, 3.63) is 30.1 Å². The number of rotatable bonds is 3. The molecule has 0 bridgehead atoms. The molecule has 58 valence electrons. The summed E-state index contributed by atoms with van der Waals surface area (Å²) in [7, 11) is 0. The van der Waals surface area contributed by atoms with Crippen molar-refractivity contribution in [1.82, 2.24) is 4.98 Å². The van der Waals surface area contributed by atoms with Gasteiger partial charge in [0.15, 0.2) is 0 Å². The van der Waals surface area contributed by atoms with E-state index in [1.54, 1.807) is 18.6 Å². The first-order valence-electron chi connectivity index (χ1n) is 3.42. The fraction of sp³-hybridized carbons (Fsp3) is 0.250. The normalized spacial score (nSPS) is 10.3. The Bertz CT molecular complexity index is 221. The second-order valence-corrected chi connectivity index (χ2v) is 2.00. The maximum Gasteiger partial charge on any atom is 0.143 e. The standard InChI is InChI=1S/C8H10N2O/c1-2-10-11-7-8-4-3-5-9-6-8/h2-6H,7H2,1H3. The Balaban J connectivity index is 2.39. The maximum absolute atomic E-state index is 4.90. The third-order valence-corrected chi connectivity index (χ3v) is 1.13. The van der Waals surface area contributed by atoms with Crippen molar-refractivity contribution in [2.45, 2.75) is 13.5 Å². The zero-order valence-corrected chi connectivity index (χ0v) is 6.40. The zero-order chi connectivity index (χ0) is 7.94. The van der Waals surface area contributed by atoms with Gasteiger partial charge in [0, 0.05) is 24.2 Å². The molecule has 11 heavy (non-hydrogen) atoms. The second kappa shape index (κ2) is 4.44. The molecule has 0 amide bonds. The van der Waals surface area contributed by atoms with E-state index in [1.807, 2.05) is 19.1 Å². The van der Waals surface area contributed by atoms with Gasteiger partial charge in [-0.2, -0.15) is 0 Å². The van der Waals surface area contributed by atoms with Gasteiger partial charge in [-0.3, -0.25) is 4.98 Å². The maximum atomic E-state index is 4.90. The summed E-state index contributed by atoms with van der Waals surface area (Å²) in [5.74, 6) is 0. The van der Waals surface area contributed by atoms with Crippen molar-refractivity contribution in [2.24, 2.45) is 5.16 Å². The van der Waals surface area contributed by atoms with E-state index in [9.17, 15) is 0 Å². The van der Waals surface area contributed by atoms with E-state index in [2.05, 4.69) is 10.1 Å². The lowest BCUT2D eigenvalue weighted by Gasteiger charge is -1.96. The molecule has 0 spiro atoms. The fourth-order valence-electron chi connectivity index (χ4n) is 0.670. The largest absolute Gasteiger partial charge is 0.391 e. The van der Waals surface area contributed by atoms with Crippen LogP contribution in [0.2, 0.25) is 0 Å². The average Bonchev–Trinajstić information content (AvgIpc) is 2.07. The van der Waals surface area contributed by atoms with Gasteiger partial charge in [-0.15, -0.1) is 0 Å². The van der Waals surface area contributed by atoms with Crippen molar-refractivity contribution in [2.75, 3.05) is 0 Å². The van der Waals surface area contributed by atoms with Crippen molar-refractivity contribution < 1.29 is 4.84 Å². The molecule has 3 nitrogen and oxygen atoms in total. The fourth-order valence-corrected chi connectivity index (χ4v) is 0.670. The van der Waals surface area contributed by atoms with Gasteiger partial charge in [-0.05, 0) is 13.0 Å². The topological polar surface area (TPSA) is 34.5 Å². The van der Waals surface area contributed by atoms with Gasteiger partial charge in [0.05, 0.1) is 0 Å². The summed E-state index contributed by atoms with van der Waals surface area (Å²) in [4.78, 5) is 8.83. The molecule has 0 N–H and O–H groups in total. The predicted molar refractivity (Wildman–Crippen MR) is 43.2 cm³/mol. The molecule has 0 aromatic carbocycles. The molecule has 0 aliphatic carbocycles. The van der Waals surface area contributed by atoms with Crippen molar-refractivity contribution in [3.8, 4) is 0 Å². The first-order chi connectivity index (χ1) is 5.43. The van der Waals surface area contributed by atoms with E-state index in [0.29, 0.717) is 6.61 Å². The van der Waals surface area contributed by atoms with E-state index in [-0.39, 0.29) is 0 Å². The molecule has 0 aliphatic rings. The summed E-state index contributed by atoms with van der Waals surface area (Å²) in [5, 5.41) is 3.61. The van der Waals surface area contributed by atoms with Crippen LogP contribution in [0.4, 0.5) is 0 Å². The van der Waals surface area contributed by atoms with Crippen LogP contribution in [0, 0.1) is 0 Å². The number of oxime groups is 1. The smallest absolute Gasteiger partial charge is 0.143 e. The molecular weight excluding hydrogens is 140 g/mol. The lowest BCUT2D eigenvalue weighted by Crippen LogP contribution is -1.86. The Hall–Kier alpha value is -1.38. The Morgan fingerprint density at radius 3 is 3.27 bits per heavy atom. The quantitative estimate of drug-likeness (QED) is 0.484. The highest BCUT2D eigenvalue weighted by atomic mass is 16.6. The summed E-state index contributed by atoms with van der Waals surface area (Å²) >= 11 is 0. The Morgan fingerprint density at radius 2 is 2.64 bits per heavy atom. The van der Waals surface area contributed by atoms with E-state index >= 15 is 0 Å². The molecule has 0 unspecified atom stereocenters. The van der Waals surface area contributed by atoms with Crippen LogP contribution >= 0.6 is 0 Å². The molecule has 1 aromatic rings. The number of hydrogen-bond acceptors (Lipinski definition) is 3. The molecule has 1 rings (SSSR count). The Morgan fingerprint density at radius 1 is 1.73 bits per heavy atom. The van der Waals surface area contributed by atoms with Gasteiger partial charge in [-0.1, -0.05) is 11.2 Å². The number of pyridine rings is 1. The van der Waals surface area contributed by atoms with Gasteiger partial charge in [0.2, 0.25) is 0 Å². The summed E-state index contributed by atoms with van der Waals surface area (Å²) in [5.41, 5.74) is 1.03. The molecule has 1 aromatic heterocycles. The van der Waals surface area contributed by atoms with Gasteiger partial charge >= 0.3 is 0 Å². The van der Waals surface area contributed by atoms with Crippen molar-refractivity contribution in [1.29, 1.82) is 0 Å². The molecule has 3 heteroatoms. The number of nitrogens with zero attached hydrogens (tertiary/aromatic N) is 2. The monoisotopic (exact) mass is 150 g/mol. The first-order valence-corrected chi connectivity index (χ1v) is 3.42. The molecule has 0 saturated heterocycles. The molecule has 0 aliphatic heterocycles. The Labute approximate surface area is 65.7 Å². The van der Waals surface area contributed by atoms with Gasteiger partial charge in [0.25, 0.3) is 0 Å². The minimum absolute atomic E-state index is 0.484. The van der Waals surface area contributed by atoms with Crippen LogP contribution in [-0.2, 0) is 11.4 Å². The van der Waals surface area contributed by atoms with Crippen LogP contribution in [-0.4, -0.2) is 11.2 Å². The molecule has 0 radical (unpaired) electrons. The summed E-state index contributed by atoms with van der Waals surface area (Å²) in [6.45, 7) is 2.29. The first kappa shape index (κ1) is 7.72. The van der Waals surface area contributed by atoms with Crippen LogP contribution in [0.5, 0.6) is 0 Å². The van der Waals surface area contributed by atoms with E-state index < -0.39 is 0 Å². The second-order valence-electron chi connectivity index (χ2n) is 2.00. The molecular formula is C8H10N2O. The number of aromatic nitrogens is 1. The SMILES string of the molecule is CC=NOCc1cccnc1. The van der Waals surface area contributed by atoms with Crippen molar-refractivity contribution in [3.63, 3.8) is 0 Å². The lowest BCUT2D eigenvalue weighted by atomic mass is 10.3. The molecule has 0 atom stereocenters. The van der Waals surface area contributed by atoms with Crippen LogP contribution < -0.4 is 0 Å². The Kier molecular flexibility index (Phi) is 3.12. The summed E-state index contributed by atoms with van der Waals surface area (Å²) < 4.78 is 0. The van der Waals surface area contributed by atoms with E-state index in [1.165, 1.54) is 0 Å². The van der Waals surface area contributed by atoms with Crippen molar-refractivity contribution >= 4 is 6.21 Å². The predicted octanol–water partition coefficient (Wildman–Crippen LogP) is 1.60. The highest BCUT2D eigenvalue weighted by Gasteiger charge is 1.88. The van der Waals surface area contributed by atoms with Crippen LogP contribution in [0.15, 0.2) is 29.7 Å². The van der Waals surface area contributed by atoms with E-state index in [0.717, 1.165) is 5.56 Å². The highest BCUT2D eigenvalue weighted by molar-refractivity contribution is 5.52. The summed E-state index contributed by atoms with van der Waals surface area (Å²) in [6, 6.07) is 3.81. The third-order valence-electron chi connectivity index (χ3n) is 1.13. The lowest BCUT2D eigenvalue weighted by molar-refractivity contribution is 0.131. The van der Waals surface area contributed by atoms with Gasteiger partial charge in [-0.25, -0.2) is 0 Å². The van der Waals surface area contributed by atoms with Crippen LogP contribution in [0.3, 0.4) is 0 Å². The summed E-state index contributed by atoms with van der Waals surface area (Å²) in [6.07, 6.45) is 5.09. The molecule has 1 heterocycles. The zero-order valence-electron chi connectivity index (χ0n) is 6.40. The van der Waals surface area contributed by atoms with E-state index in [4.69, 9.17) is 4.84 Å². The minimum Gasteiger partial charge on any atom is -0.391 e. The average molecular weight is 150 g/mol. The number of hydrogen-bond donors (Lipinski definition) is 0. The van der Waals surface area contributed by atoms with Crippen LogP contribution in [0.1, 0.15) is 12.5 Å². The highest BCUT2D eigenvalue weighted by Crippen LogP contribution is 1.97. The van der Waals surface area contributed by atoms with Gasteiger partial charge in [0.1, 0.15) is 6.61 Å². The minimum atomic E-state index is 0.484.